The van der Waals surface area contributed by atoms with Crippen molar-refractivity contribution in [1.82, 2.24) is 5.43 Å². The minimum atomic E-state index is 0.160. The van der Waals surface area contributed by atoms with Crippen molar-refractivity contribution in [2.75, 3.05) is 6.61 Å². The summed E-state index contributed by atoms with van der Waals surface area (Å²) in [4.78, 5) is 0. The number of benzene rings is 2. The van der Waals surface area contributed by atoms with Crippen LogP contribution in [0.1, 0.15) is 17.0 Å². The van der Waals surface area contributed by atoms with Gasteiger partial charge in [-0.1, -0.05) is 46.3 Å². The third-order valence-electron chi connectivity index (χ3n) is 3.78. The Labute approximate surface area is 127 Å². The highest BCUT2D eigenvalue weighted by atomic mass is 79.9. The number of halogens is 1. The Morgan fingerprint density at radius 3 is 2.90 bits per heavy atom. The van der Waals surface area contributed by atoms with Gasteiger partial charge in [0.15, 0.2) is 0 Å². The van der Waals surface area contributed by atoms with Gasteiger partial charge in [0, 0.05) is 22.0 Å². The maximum absolute atomic E-state index is 5.78. The lowest BCUT2D eigenvalue weighted by Crippen LogP contribution is -2.42. The number of nitrogens with two attached hydrogens (primary N) is 1. The van der Waals surface area contributed by atoms with Gasteiger partial charge < -0.3 is 4.74 Å². The lowest BCUT2D eigenvalue weighted by atomic mass is 9.89. The monoisotopic (exact) mass is 332 g/mol. The van der Waals surface area contributed by atoms with E-state index in [4.69, 9.17) is 10.6 Å². The number of ether oxygens (including phenoxy) is 1. The number of nitrogens with one attached hydrogen (secondary N) is 1. The fourth-order valence-electron chi connectivity index (χ4n) is 2.76. The molecule has 20 heavy (non-hydrogen) atoms. The highest BCUT2D eigenvalue weighted by Gasteiger charge is 2.30. The first-order chi connectivity index (χ1) is 9.78. The molecule has 2 aromatic carbocycles. The summed E-state index contributed by atoms with van der Waals surface area (Å²) < 4.78 is 6.84. The van der Waals surface area contributed by atoms with Gasteiger partial charge in [-0.25, -0.2) is 0 Å². The smallest absolute Gasteiger partial charge is 0.122 e. The molecule has 3 nitrogen and oxygen atoms in total. The first-order valence-electron chi connectivity index (χ1n) is 6.70. The second-order valence-corrected chi connectivity index (χ2v) is 5.98. The molecule has 0 bridgehead atoms. The van der Waals surface area contributed by atoms with Crippen molar-refractivity contribution in [1.29, 1.82) is 0 Å². The minimum absolute atomic E-state index is 0.160. The Hall–Kier alpha value is -1.36. The second kappa shape index (κ2) is 5.95. The zero-order valence-corrected chi connectivity index (χ0v) is 12.6. The van der Waals surface area contributed by atoms with E-state index in [0.717, 1.165) is 16.6 Å². The molecule has 0 aromatic heterocycles. The number of hydrogen-bond acceptors (Lipinski definition) is 3. The zero-order valence-electron chi connectivity index (χ0n) is 11.1. The summed E-state index contributed by atoms with van der Waals surface area (Å²) >= 11 is 3.51. The molecule has 0 fully saturated rings. The van der Waals surface area contributed by atoms with Crippen LogP contribution in [0.15, 0.2) is 53.0 Å². The molecule has 0 radical (unpaired) electrons. The van der Waals surface area contributed by atoms with Gasteiger partial charge in [0.1, 0.15) is 5.75 Å². The maximum Gasteiger partial charge on any atom is 0.122 e. The number of hydrogen-bond donors (Lipinski definition) is 2. The van der Waals surface area contributed by atoms with Crippen molar-refractivity contribution in [2.24, 2.45) is 5.84 Å². The van der Waals surface area contributed by atoms with Crippen molar-refractivity contribution in [3.8, 4) is 5.75 Å². The molecule has 1 aliphatic rings. The third kappa shape index (κ3) is 2.73. The Bertz CT molecular complexity index is 603. The molecule has 0 aliphatic carbocycles. The average molecular weight is 333 g/mol. The van der Waals surface area contributed by atoms with Gasteiger partial charge in [0.05, 0.1) is 6.61 Å². The van der Waals surface area contributed by atoms with Crippen LogP contribution in [-0.2, 0) is 6.42 Å². The van der Waals surface area contributed by atoms with Gasteiger partial charge in [0.25, 0.3) is 0 Å². The highest BCUT2D eigenvalue weighted by Crippen LogP contribution is 2.36. The lowest BCUT2D eigenvalue weighted by Gasteiger charge is -2.22. The molecule has 2 atom stereocenters. The summed E-state index contributed by atoms with van der Waals surface area (Å²) in [5.41, 5.74) is 5.45. The van der Waals surface area contributed by atoms with Crippen LogP contribution in [0.4, 0.5) is 0 Å². The number of fused-ring (bicyclic) bond motifs is 1. The fraction of sp³-hybridized carbons (Fsp3) is 0.250. The maximum atomic E-state index is 5.78. The first kappa shape index (κ1) is 13.6. The molecular weight excluding hydrogens is 316 g/mol. The molecule has 0 saturated carbocycles. The summed E-state index contributed by atoms with van der Waals surface area (Å²) in [6, 6.07) is 16.7. The van der Waals surface area contributed by atoms with Gasteiger partial charge in [-0.15, -0.1) is 0 Å². The summed E-state index contributed by atoms with van der Waals surface area (Å²) in [7, 11) is 0. The molecule has 3 N–H and O–H groups in total. The van der Waals surface area contributed by atoms with Crippen molar-refractivity contribution in [3.63, 3.8) is 0 Å². The molecule has 104 valence electrons. The van der Waals surface area contributed by atoms with Gasteiger partial charge in [-0.3, -0.25) is 11.3 Å². The normalized spacial score (nSPS) is 18.4. The van der Waals surface area contributed by atoms with E-state index in [1.165, 1.54) is 11.1 Å². The summed E-state index contributed by atoms with van der Waals surface area (Å²) in [5.74, 6) is 7.04. The summed E-state index contributed by atoms with van der Waals surface area (Å²) in [6.45, 7) is 0.683. The van der Waals surface area contributed by atoms with Crippen LogP contribution in [0.2, 0.25) is 0 Å². The van der Waals surface area contributed by atoms with Crippen LogP contribution in [0.25, 0.3) is 0 Å². The standard InChI is InChI=1S/C16H17BrN2O/c17-12-5-3-4-11(8-12)9-15(19-18)14-10-20-16-7-2-1-6-13(14)16/h1-8,14-15,19H,9-10,18H2. The van der Waals surface area contributed by atoms with Crippen molar-refractivity contribution >= 4 is 15.9 Å². The van der Waals surface area contributed by atoms with Gasteiger partial charge >= 0.3 is 0 Å². The number of hydrazine groups is 1. The molecule has 2 aromatic rings. The van der Waals surface area contributed by atoms with Gasteiger partial charge in [0.2, 0.25) is 0 Å². The Balaban J connectivity index is 1.81. The van der Waals surface area contributed by atoms with Crippen LogP contribution in [0.3, 0.4) is 0 Å². The fourth-order valence-corrected chi connectivity index (χ4v) is 3.20. The minimum Gasteiger partial charge on any atom is -0.493 e. The van der Waals surface area contributed by atoms with Crippen LogP contribution >= 0.6 is 15.9 Å². The molecule has 0 amide bonds. The van der Waals surface area contributed by atoms with E-state index in [1.54, 1.807) is 0 Å². The predicted octanol–water partition coefficient (Wildman–Crippen LogP) is 3.00. The van der Waals surface area contributed by atoms with E-state index in [-0.39, 0.29) is 12.0 Å². The number of rotatable bonds is 4. The van der Waals surface area contributed by atoms with Crippen molar-refractivity contribution in [2.45, 2.75) is 18.4 Å². The summed E-state index contributed by atoms with van der Waals surface area (Å²) in [5, 5.41) is 0. The predicted molar refractivity (Wildman–Crippen MR) is 83.6 cm³/mol. The third-order valence-corrected chi connectivity index (χ3v) is 4.27. The van der Waals surface area contributed by atoms with E-state index in [2.05, 4.69) is 39.6 Å². The summed E-state index contributed by atoms with van der Waals surface area (Å²) in [6.07, 6.45) is 0.873. The second-order valence-electron chi connectivity index (χ2n) is 5.06. The van der Waals surface area contributed by atoms with E-state index in [1.807, 2.05) is 30.3 Å². The lowest BCUT2D eigenvalue weighted by molar-refractivity contribution is 0.297. The van der Waals surface area contributed by atoms with Crippen molar-refractivity contribution in [3.05, 3.63) is 64.1 Å². The van der Waals surface area contributed by atoms with E-state index < -0.39 is 0 Å². The largest absolute Gasteiger partial charge is 0.493 e. The van der Waals surface area contributed by atoms with E-state index in [9.17, 15) is 0 Å². The molecular formula is C16H17BrN2O. The van der Waals surface area contributed by atoms with Crippen LogP contribution < -0.4 is 16.0 Å². The number of para-hydroxylation sites is 1. The van der Waals surface area contributed by atoms with E-state index >= 15 is 0 Å². The van der Waals surface area contributed by atoms with Crippen LogP contribution in [-0.4, -0.2) is 12.6 Å². The first-order valence-corrected chi connectivity index (χ1v) is 7.49. The average Bonchev–Trinajstić information content (AvgIpc) is 2.89. The van der Waals surface area contributed by atoms with Gasteiger partial charge in [-0.2, -0.15) is 0 Å². The van der Waals surface area contributed by atoms with Crippen molar-refractivity contribution < 1.29 is 4.74 Å². The molecule has 2 unspecified atom stereocenters. The Kier molecular flexibility index (Phi) is 4.05. The zero-order chi connectivity index (χ0) is 13.9. The molecule has 4 heteroatoms. The molecule has 3 rings (SSSR count). The topological polar surface area (TPSA) is 47.3 Å². The SMILES string of the molecule is NNC(Cc1cccc(Br)c1)C1COc2ccccc21. The Morgan fingerprint density at radius 1 is 1.25 bits per heavy atom. The van der Waals surface area contributed by atoms with E-state index in [0.29, 0.717) is 6.61 Å². The molecule has 0 spiro atoms. The van der Waals surface area contributed by atoms with Crippen LogP contribution in [0, 0.1) is 0 Å². The highest BCUT2D eigenvalue weighted by molar-refractivity contribution is 9.10. The van der Waals surface area contributed by atoms with Crippen LogP contribution in [0.5, 0.6) is 5.75 Å². The van der Waals surface area contributed by atoms with Gasteiger partial charge in [-0.05, 0) is 30.2 Å². The quantitative estimate of drug-likeness (QED) is 0.668. The Morgan fingerprint density at radius 2 is 2.10 bits per heavy atom. The molecule has 0 saturated heterocycles. The molecule has 1 heterocycles. The molecule has 1 aliphatic heterocycles.